The fraction of sp³-hybridized carbons (Fsp3) is 0.818. The van der Waals surface area contributed by atoms with Gasteiger partial charge in [0.2, 0.25) is 5.91 Å². The second kappa shape index (κ2) is 5.84. The summed E-state index contributed by atoms with van der Waals surface area (Å²) in [5.41, 5.74) is 0. The van der Waals surface area contributed by atoms with Crippen LogP contribution < -0.4 is 0 Å². The summed E-state index contributed by atoms with van der Waals surface area (Å²) in [6.45, 7) is 2.20. The van der Waals surface area contributed by atoms with Gasteiger partial charge in [0.1, 0.15) is 6.04 Å². The number of rotatable bonds is 5. The molecule has 0 aromatic carbocycles. The fourth-order valence-corrected chi connectivity index (χ4v) is 1.99. The number of aliphatic carboxylic acids is 1. The van der Waals surface area contributed by atoms with E-state index in [0.29, 0.717) is 6.42 Å². The molecule has 0 spiro atoms. The molecule has 5 heteroatoms. The summed E-state index contributed by atoms with van der Waals surface area (Å²) in [5.74, 6) is -1.18. The molecule has 1 fully saturated rings. The van der Waals surface area contributed by atoms with Gasteiger partial charge in [-0.05, 0) is 6.42 Å². The standard InChI is InChI=1S/C11H19NO4/c1-2-3-4-5-10(14)12-7-8(13)6-9(12)11(15)16/h8-9,13H,2-7H2,1H3,(H,15,16)/t8-,9-/m1/s1. The van der Waals surface area contributed by atoms with E-state index in [4.69, 9.17) is 5.11 Å². The Balaban J connectivity index is 2.50. The Labute approximate surface area is 95.1 Å². The van der Waals surface area contributed by atoms with Crippen LogP contribution in [-0.2, 0) is 9.59 Å². The zero-order chi connectivity index (χ0) is 12.1. The number of β-amino-alcohol motifs (C(OH)–C–C–N with tert-alkyl or cyclic N) is 1. The Hall–Kier alpha value is -1.10. The summed E-state index contributed by atoms with van der Waals surface area (Å²) >= 11 is 0. The second-order valence-electron chi connectivity index (χ2n) is 4.25. The van der Waals surface area contributed by atoms with Crippen LogP contribution in [0.5, 0.6) is 0 Å². The van der Waals surface area contributed by atoms with Gasteiger partial charge in [0.25, 0.3) is 0 Å². The predicted molar refractivity (Wildman–Crippen MR) is 57.9 cm³/mol. The molecule has 1 rings (SSSR count). The maximum absolute atomic E-state index is 11.7. The van der Waals surface area contributed by atoms with Gasteiger partial charge in [0.05, 0.1) is 6.10 Å². The molecule has 0 aromatic rings. The molecule has 2 N–H and O–H groups in total. The number of carbonyl (C=O) groups is 2. The maximum atomic E-state index is 11.7. The van der Waals surface area contributed by atoms with Crippen LogP contribution in [0.4, 0.5) is 0 Å². The topological polar surface area (TPSA) is 77.8 Å². The van der Waals surface area contributed by atoms with E-state index >= 15 is 0 Å². The molecule has 0 aromatic heterocycles. The summed E-state index contributed by atoms with van der Waals surface area (Å²) in [5, 5.41) is 18.3. The van der Waals surface area contributed by atoms with Gasteiger partial charge in [0.15, 0.2) is 0 Å². The van der Waals surface area contributed by atoms with Crippen LogP contribution >= 0.6 is 0 Å². The lowest BCUT2D eigenvalue weighted by molar-refractivity contribution is -0.148. The number of nitrogens with zero attached hydrogens (tertiary/aromatic N) is 1. The average Bonchev–Trinajstić information content (AvgIpc) is 2.61. The minimum atomic E-state index is -1.03. The highest BCUT2D eigenvalue weighted by molar-refractivity contribution is 5.84. The van der Waals surface area contributed by atoms with Crippen molar-refractivity contribution in [3.05, 3.63) is 0 Å². The van der Waals surface area contributed by atoms with E-state index in [-0.39, 0.29) is 18.9 Å². The summed E-state index contributed by atoms with van der Waals surface area (Å²) < 4.78 is 0. The molecule has 5 nitrogen and oxygen atoms in total. The number of carbonyl (C=O) groups excluding carboxylic acids is 1. The van der Waals surface area contributed by atoms with Gasteiger partial charge in [-0.15, -0.1) is 0 Å². The van der Waals surface area contributed by atoms with Crippen LogP contribution in [0.3, 0.4) is 0 Å². The van der Waals surface area contributed by atoms with Crippen molar-refractivity contribution in [2.75, 3.05) is 6.54 Å². The minimum Gasteiger partial charge on any atom is -0.480 e. The Kier molecular flexibility index (Phi) is 4.73. The van der Waals surface area contributed by atoms with Crippen LogP contribution in [-0.4, -0.2) is 45.7 Å². The number of hydrogen-bond acceptors (Lipinski definition) is 3. The lowest BCUT2D eigenvalue weighted by Gasteiger charge is -2.20. The average molecular weight is 229 g/mol. The lowest BCUT2D eigenvalue weighted by Crippen LogP contribution is -2.40. The smallest absolute Gasteiger partial charge is 0.326 e. The SMILES string of the molecule is CCCCCC(=O)N1C[C@H](O)C[C@@H]1C(=O)O. The van der Waals surface area contributed by atoms with Crippen molar-refractivity contribution >= 4 is 11.9 Å². The summed E-state index contributed by atoms with van der Waals surface area (Å²) in [4.78, 5) is 23.9. The molecular weight excluding hydrogens is 210 g/mol. The van der Waals surface area contributed by atoms with Crippen LogP contribution in [0, 0.1) is 0 Å². The van der Waals surface area contributed by atoms with Crippen molar-refractivity contribution in [3.8, 4) is 0 Å². The first-order valence-electron chi connectivity index (χ1n) is 5.76. The first-order chi connectivity index (χ1) is 7.56. The molecule has 1 aliphatic rings. The third-order valence-electron chi connectivity index (χ3n) is 2.88. The number of aliphatic hydroxyl groups excluding tert-OH is 1. The van der Waals surface area contributed by atoms with Crippen molar-refractivity contribution in [1.29, 1.82) is 0 Å². The lowest BCUT2D eigenvalue weighted by atomic mass is 10.1. The quantitative estimate of drug-likeness (QED) is 0.677. The Morgan fingerprint density at radius 2 is 2.06 bits per heavy atom. The van der Waals surface area contributed by atoms with E-state index in [2.05, 4.69) is 0 Å². The van der Waals surface area contributed by atoms with Crippen LogP contribution in [0.1, 0.15) is 39.0 Å². The summed E-state index contributed by atoms with van der Waals surface area (Å²) in [7, 11) is 0. The number of unbranched alkanes of at least 4 members (excludes halogenated alkanes) is 2. The van der Waals surface area contributed by atoms with E-state index in [9.17, 15) is 14.7 Å². The molecule has 2 atom stereocenters. The molecule has 92 valence electrons. The zero-order valence-corrected chi connectivity index (χ0v) is 9.56. The van der Waals surface area contributed by atoms with Gasteiger partial charge in [-0.25, -0.2) is 4.79 Å². The van der Waals surface area contributed by atoms with E-state index < -0.39 is 18.1 Å². The highest BCUT2D eigenvalue weighted by Gasteiger charge is 2.38. The Morgan fingerprint density at radius 1 is 1.38 bits per heavy atom. The number of hydrogen-bond donors (Lipinski definition) is 2. The number of carboxylic acids is 1. The molecule has 1 saturated heterocycles. The van der Waals surface area contributed by atoms with Gasteiger partial charge in [-0.1, -0.05) is 19.8 Å². The number of likely N-dealkylation sites (tertiary alicyclic amines) is 1. The molecular formula is C11H19NO4. The third kappa shape index (κ3) is 3.20. The van der Waals surface area contributed by atoms with Crippen molar-refractivity contribution < 1.29 is 19.8 Å². The molecule has 0 radical (unpaired) electrons. The fourth-order valence-electron chi connectivity index (χ4n) is 1.99. The highest BCUT2D eigenvalue weighted by Crippen LogP contribution is 2.19. The van der Waals surface area contributed by atoms with Crippen LogP contribution in [0.25, 0.3) is 0 Å². The van der Waals surface area contributed by atoms with Gasteiger partial charge in [-0.3, -0.25) is 4.79 Å². The highest BCUT2D eigenvalue weighted by atomic mass is 16.4. The second-order valence-corrected chi connectivity index (χ2v) is 4.25. The van der Waals surface area contributed by atoms with E-state index in [0.717, 1.165) is 19.3 Å². The van der Waals surface area contributed by atoms with Crippen molar-refractivity contribution in [3.63, 3.8) is 0 Å². The number of carboxylic acid groups (broad SMARTS) is 1. The van der Waals surface area contributed by atoms with Gasteiger partial charge in [0, 0.05) is 19.4 Å². The van der Waals surface area contributed by atoms with Crippen molar-refractivity contribution in [1.82, 2.24) is 4.90 Å². The summed E-state index contributed by atoms with van der Waals surface area (Å²) in [6.07, 6.45) is 2.61. The molecule has 0 saturated carbocycles. The first-order valence-corrected chi connectivity index (χ1v) is 5.76. The molecule has 16 heavy (non-hydrogen) atoms. The maximum Gasteiger partial charge on any atom is 0.326 e. The summed E-state index contributed by atoms with van der Waals surface area (Å²) in [6, 6.07) is -0.843. The van der Waals surface area contributed by atoms with E-state index in [1.54, 1.807) is 0 Å². The molecule has 0 bridgehead atoms. The first kappa shape index (κ1) is 13.0. The Bertz CT molecular complexity index is 267. The van der Waals surface area contributed by atoms with E-state index in [1.807, 2.05) is 6.92 Å². The normalized spacial score (nSPS) is 24.8. The number of aliphatic hydroxyl groups is 1. The molecule has 0 aliphatic carbocycles. The molecule has 0 unspecified atom stereocenters. The van der Waals surface area contributed by atoms with Crippen LogP contribution in [0.2, 0.25) is 0 Å². The Morgan fingerprint density at radius 3 is 2.62 bits per heavy atom. The van der Waals surface area contributed by atoms with Crippen LogP contribution in [0.15, 0.2) is 0 Å². The monoisotopic (exact) mass is 229 g/mol. The molecule has 1 amide bonds. The largest absolute Gasteiger partial charge is 0.480 e. The van der Waals surface area contributed by atoms with Crippen molar-refractivity contribution in [2.45, 2.75) is 51.2 Å². The number of amides is 1. The van der Waals surface area contributed by atoms with Gasteiger partial charge in [-0.2, -0.15) is 0 Å². The third-order valence-corrected chi connectivity index (χ3v) is 2.88. The van der Waals surface area contributed by atoms with E-state index in [1.165, 1.54) is 4.90 Å². The van der Waals surface area contributed by atoms with Crippen molar-refractivity contribution in [2.24, 2.45) is 0 Å². The zero-order valence-electron chi connectivity index (χ0n) is 9.56. The minimum absolute atomic E-state index is 0.148. The van der Waals surface area contributed by atoms with Gasteiger partial charge < -0.3 is 15.1 Å². The molecule has 1 heterocycles. The predicted octanol–water partition coefficient (Wildman–Crippen LogP) is 0.613. The molecule has 1 aliphatic heterocycles. The van der Waals surface area contributed by atoms with Gasteiger partial charge >= 0.3 is 5.97 Å².